The molecule has 2 aromatic heterocycles. The highest BCUT2D eigenvalue weighted by molar-refractivity contribution is 7.07. The van der Waals surface area contributed by atoms with Crippen LogP contribution in [0.4, 0.5) is 0 Å². The summed E-state index contributed by atoms with van der Waals surface area (Å²) in [5, 5.41) is 9.28. The summed E-state index contributed by atoms with van der Waals surface area (Å²) in [7, 11) is 1.79. The molecule has 1 atom stereocenters. The highest BCUT2D eigenvalue weighted by Gasteiger charge is 2.30. The minimum Gasteiger partial charge on any atom is -0.384 e. The van der Waals surface area contributed by atoms with Crippen molar-refractivity contribution in [2.75, 3.05) is 20.3 Å². The number of ether oxygens (including phenoxy) is 1. The molecule has 0 radical (unpaired) electrons. The zero-order valence-electron chi connectivity index (χ0n) is 13.1. The van der Waals surface area contributed by atoms with E-state index in [1.807, 2.05) is 0 Å². The molecule has 0 spiro atoms. The molecule has 4 nitrogen and oxygen atoms in total. The lowest BCUT2D eigenvalue weighted by molar-refractivity contribution is 0.134. The lowest BCUT2D eigenvalue weighted by Gasteiger charge is -2.31. The zero-order chi connectivity index (χ0) is 14.9. The summed E-state index contributed by atoms with van der Waals surface area (Å²) in [6.45, 7) is 4.93. The third-order valence-corrected chi connectivity index (χ3v) is 5.36. The van der Waals surface area contributed by atoms with Crippen molar-refractivity contribution < 1.29 is 4.74 Å². The van der Waals surface area contributed by atoms with Gasteiger partial charge in [-0.1, -0.05) is 0 Å². The summed E-state index contributed by atoms with van der Waals surface area (Å²) in [5.74, 6) is 1.26. The summed E-state index contributed by atoms with van der Waals surface area (Å²) >= 11 is 1.77. The van der Waals surface area contributed by atoms with Crippen molar-refractivity contribution >= 4 is 11.3 Å². The van der Waals surface area contributed by atoms with Gasteiger partial charge in [-0.25, -0.2) is 0 Å². The monoisotopic (exact) mass is 317 g/mol. The molecule has 0 N–H and O–H groups in total. The molecule has 22 heavy (non-hydrogen) atoms. The Bertz CT molecular complexity index is 618. The Labute approximate surface area is 135 Å². The van der Waals surface area contributed by atoms with Gasteiger partial charge in [0.1, 0.15) is 0 Å². The van der Waals surface area contributed by atoms with Crippen molar-refractivity contribution in [2.45, 2.75) is 38.4 Å². The SMILES string of the molecule is COCC1CN(Cc2ccsc2)Cc2cn(CC3CC3)nc21. The van der Waals surface area contributed by atoms with Crippen molar-refractivity contribution in [3.05, 3.63) is 39.8 Å². The highest BCUT2D eigenvalue weighted by atomic mass is 32.1. The normalized spacial score (nSPS) is 22.0. The first kappa shape index (κ1) is 14.4. The zero-order valence-corrected chi connectivity index (χ0v) is 13.9. The maximum absolute atomic E-state index is 5.45. The summed E-state index contributed by atoms with van der Waals surface area (Å²) in [6.07, 6.45) is 5.02. The lowest BCUT2D eigenvalue weighted by Crippen LogP contribution is -2.34. The second-order valence-electron chi connectivity index (χ2n) is 6.66. The van der Waals surface area contributed by atoms with E-state index in [1.54, 1.807) is 18.4 Å². The van der Waals surface area contributed by atoms with Gasteiger partial charge in [0.25, 0.3) is 0 Å². The third-order valence-electron chi connectivity index (χ3n) is 4.63. The van der Waals surface area contributed by atoms with Crippen molar-refractivity contribution in [1.82, 2.24) is 14.7 Å². The van der Waals surface area contributed by atoms with Gasteiger partial charge >= 0.3 is 0 Å². The maximum atomic E-state index is 5.45. The molecular weight excluding hydrogens is 294 g/mol. The Morgan fingerprint density at radius 1 is 1.41 bits per heavy atom. The molecule has 1 fully saturated rings. The van der Waals surface area contributed by atoms with E-state index in [0.29, 0.717) is 5.92 Å². The Morgan fingerprint density at radius 2 is 2.32 bits per heavy atom. The molecule has 5 heteroatoms. The fourth-order valence-electron chi connectivity index (χ4n) is 3.40. The highest BCUT2D eigenvalue weighted by Crippen LogP contribution is 2.33. The molecule has 0 aromatic carbocycles. The van der Waals surface area contributed by atoms with Crippen molar-refractivity contribution in [1.29, 1.82) is 0 Å². The van der Waals surface area contributed by atoms with Crippen LogP contribution in [0.3, 0.4) is 0 Å². The molecule has 1 saturated carbocycles. The van der Waals surface area contributed by atoms with Crippen molar-refractivity contribution in [3.8, 4) is 0 Å². The first-order valence-electron chi connectivity index (χ1n) is 8.10. The fraction of sp³-hybridized carbons (Fsp3) is 0.588. The van der Waals surface area contributed by atoms with Gasteiger partial charge in [-0.15, -0.1) is 0 Å². The largest absolute Gasteiger partial charge is 0.384 e. The van der Waals surface area contributed by atoms with Crippen molar-refractivity contribution in [3.63, 3.8) is 0 Å². The van der Waals surface area contributed by atoms with Crippen LogP contribution in [0.1, 0.15) is 35.6 Å². The average molecular weight is 317 g/mol. The molecule has 3 heterocycles. The Morgan fingerprint density at radius 3 is 3.05 bits per heavy atom. The molecular formula is C17H23N3OS. The fourth-order valence-corrected chi connectivity index (χ4v) is 4.06. The van der Waals surface area contributed by atoms with E-state index >= 15 is 0 Å². The van der Waals surface area contributed by atoms with Gasteiger partial charge in [0.05, 0.1) is 12.3 Å². The standard InChI is InChI=1S/C17H23N3OS/c1-21-11-16-9-19(6-14-4-5-22-12-14)8-15-10-20(18-17(15)16)7-13-2-3-13/h4-5,10,12-13,16H,2-3,6-9,11H2,1H3. The average Bonchev–Trinajstić information content (AvgIpc) is 2.98. The van der Waals surface area contributed by atoms with Gasteiger partial charge in [-0.3, -0.25) is 9.58 Å². The van der Waals surface area contributed by atoms with Gasteiger partial charge in [0.15, 0.2) is 0 Å². The predicted molar refractivity (Wildman–Crippen MR) is 88.0 cm³/mol. The van der Waals surface area contributed by atoms with Crippen LogP contribution in [-0.4, -0.2) is 34.9 Å². The van der Waals surface area contributed by atoms with Crippen LogP contribution in [0.2, 0.25) is 0 Å². The van der Waals surface area contributed by atoms with Crippen LogP contribution >= 0.6 is 11.3 Å². The molecule has 2 aromatic rings. The third kappa shape index (κ3) is 3.12. The number of thiophene rings is 1. The Balaban J connectivity index is 1.53. The second-order valence-corrected chi connectivity index (χ2v) is 7.44. The molecule has 0 amide bonds. The molecule has 0 saturated heterocycles. The minimum absolute atomic E-state index is 0.396. The van der Waals surface area contributed by atoms with Gasteiger partial charge in [-0.05, 0) is 41.1 Å². The van der Waals surface area contributed by atoms with Gasteiger partial charge < -0.3 is 4.74 Å². The van der Waals surface area contributed by atoms with Gasteiger partial charge in [0, 0.05) is 51.0 Å². The van der Waals surface area contributed by atoms with Crippen LogP contribution in [0, 0.1) is 5.92 Å². The summed E-state index contributed by atoms with van der Waals surface area (Å²) in [6, 6.07) is 2.22. The summed E-state index contributed by atoms with van der Waals surface area (Å²) < 4.78 is 7.63. The van der Waals surface area contributed by atoms with Crippen molar-refractivity contribution in [2.24, 2.45) is 5.92 Å². The number of nitrogens with zero attached hydrogens (tertiary/aromatic N) is 3. The molecule has 1 unspecified atom stereocenters. The molecule has 1 aliphatic heterocycles. The quantitative estimate of drug-likeness (QED) is 0.820. The molecule has 2 aliphatic rings. The number of methoxy groups -OCH3 is 1. The van der Waals surface area contributed by atoms with Gasteiger partial charge in [0.2, 0.25) is 0 Å². The number of rotatable bonds is 6. The van der Waals surface area contributed by atoms with Gasteiger partial charge in [-0.2, -0.15) is 16.4 Å². The maximum Gasteiger partial charge on any atom is 0.0736 e. The minimum atomic E-state index is 0.396. The van der Waals surface area contributed by atoms with Crippen LogP contribution in [0.5, 0.6) is 0 Å². The number of aromatic nitrogens is 2. The Hall–Kier alpha value is -1.17. The molecule has 118 valence electrons. The first-order chi connectivity index (χ1) is 10.8. The predicted octanol–water partition coefficient (Wildman–Crippen LogP) is 3.10. The molecule has 4 rings (SSSR count). The van der Waals surface area contributed by atoms with E-state index in [1.165, 1.54) is 29.7 Å². The number of hydrogen-bond donors (Lipinski definition) is 0. The smallest absolute Gasteiger partial charge is 0.0736 e. The van der Waals surface area contributed by atoms with Crippen LogP contribution in [-0.2, 0) is 24.4 Å². The summed E-state index contributed by atoms with van der Waals surface area (Å²) in [5.41, 5.74) is 4.07. The second kappa shape index (κ2) is 6.14. The molecule has 1 aliphatic carbocycles. The van der Waals surface area contributed by atoms with E-state index < -0.39 is 0 Å². The van der Waals surface area contributed by atoms with Crippen LogP contribution in [0.15, 0.2) is 23.0 Å². The topological polar surface area (TPSA) is 30.3 Å². The first-order valence-corrected chi connectivity index (χ1v) is 9.04. The Kier molecular flexibility index (Phi) is 4.03. The van der Waals surface area contributed by atoms with E-state index in [2.05, 4.69) is 32.6 Å². The number of hydrogen-bond acceptors (Lipinski definition) is 4. The van der Waals surface area contributed by atoms with Crippen LogP contribution in [0.25, 0.3) is 0 Å². The molecule has 0 bridgehead atoms. The van der Waals surface area contributed by atoms with E-state index in [-0.39, 0.29) is 0 Å². The summed E-state index contributed by atoms with van der Waals surface area (Å²) in [4.78, 5) is 2.53. The lowest BCUT2D eigenvalue weighted by atomic mass is 9.97. The van der Waals surface area contributed by atoms with Crippen LogP contribution < -0.4 is 0 Å². The van der Waals surface area contributed by atoms with E-state index in [0.717, 1.165) is 38.7 Å². The van der Waals surface area contributed by atoms with E-state index in [9.17, 15) is 0 Å². The van der Waals surface area contributed by atoms with E-state index in [4.69, 9.17) is 9.84 Å². The number of fused-ring (bicyclic) bond motifs is 1.